The second kappa shape index (κ2) is 6.48. The normalized spacial score (nSPS) is 29.6. The van der Waals surface area contributed by atoms with Crippen LogP contribution < -0.4 is 4.57 Å². The van der Waals surface area contributed by atoms with Gasteiger partial charge in [-0.2, -0.15) is 9.83 Å². The van der Waals surface area contributed by atoms with E-state index in [4.69, 9.17) is 24.2 Å². The lowest BCUT2D eigenvalue weighted by atomic mass is 9.75. The maximum Gasteiger partial charge on any atom is 0.214 e. The Bertz CT molecular complexity index is 799. The summed E-state index contributed by atoms with van der Waals surface area (Å²) in [7, 11) is 0. The molecule has 6 heteroatoms. The molecule has 24 heavy (non-hydrogen) atoms. The Kier molecular flexibility index (Phi) is 4.55. The third-order valence-corrected chi connectivity index (χ3v) is 4.91. The van der Waals surface area contributed by atoms with Crippen LogP contribution in [0.4, 0.5) is 0 Å². The Morgan fingerprint density at radius 3 is 2.46 bits per heavy atom. The fourth-order valence-electron chi connectivity index (χ4n) is 3.30. The van der Waals surface area contributed by atoms with E-state index >= 15 is 0 Å². The zero-order valence-corrected chi connectivity index (χ0v) is 14.6. The molecule has 0 aliphatic carbocycles. The van der Waals surface area contributed by atoms with Crippen LogP contribution in [0.15, 0.2) is 59.9 Å². The number of rotatable bonds is 2. The molecular formula is C18H16ClN3OS. The minimum atomic E-state index is -1.42. The van der Waals surface area contributed by atoms with E-state index in [1.807, 2.05) is 47.3 Å². The zero-order chi connectivity index (χ0) is 17.3. The molecule has 0 bridgehead atoms. The topological polar surface area (TPSA) is 60.3 Å². The standard InChI is InChI=1S/C18H16ClN3OS/c1-18(23)16(22-9-3-2-4-10-22)15(14(11-20)17(24)21-18)12-5-7-13(19)8-6-12/h2-10,14-16,23H,1H3/t14-,15+,16+,18+/m0/s1. The molecule has 0 saturated carbocycles. The minimum Gasteiger partial charge on any atom is -0.764 e. The first-order chi connectivity index (χ1) is 11.4. The van der Waals surface area contributed by atoms with Gasteiger partial charge in [0.25, 0.3) is 0 Å². The van der Waals surface area contributed by atoms with Crippen LogP contribution in [-0.4, -0.2) is 15.9 Å². The molecule has 0 radical (unpaired) electrons. The Labute approximate surface area is 151 Å². The lowest BCUT2D eigenvalue weighted by Crippen LogP contribution is -2.58. The number of benzene rings is 1. The molecular weight excluding hydrogens is 342 g/mol. The number of nitrogens with zero attached hydrogens (tertiary/aromatic N) is 3. The molecule has 0 fully saturated rings. The summed E-state index contributed by atoms with van der Waals surface area (Å²) in [6, 6.07) is 14.8. The first-order valence-electron chi connectivity index (χ1n) is 7.54. The first kappa shape index (κ1) is 16.8. The Morgan fingerprint density at radius 2 is 1.88 bits per heavy atom. The highest BCUT2D eigenvalue weighted by Gasteiger charge is 2.51. The quantitative estimate of drug-likeness (QED) is 0.664. The van der Waals surface area contributed by atoms with Crippen molar-refractivity contribution in [1.82, 2.24) is 0 Å². The number of hydrogen-bond donors (Lipinski definition) is 1. The summed E-state index contributed by atoms with van der Waals surface area (Å²) >= 11 is 11.3. The Morgan fingerprint density at radius 1 is 1.25 bits per heavy atom. The van der Waals surface area contributed by atoms with Crippen LogP contribution in [0, 0.1) is 17.2 Å². The fourth-order valence-corrected chi connectivity index (χ4v) is 3.81. The zero-order valence-electron chi connectivity index (χ0n) is 13.0. The maximum atomic E-state index is 10.9. The maximum absolute atomic E-state index is 10.9. The molecule has 0 spiro atoms. The van der Waals surface area contributed by atoms with Crippen molar-refractivity contribution in [2.24, 2.45) is 10.9 Å². The summed E-state index contributed by atoms with van der Waals surface area (Å²) in [6.07, 6.45) is 3.72. The summed E-state index contributed by atoms with van der Waals surface area (Å²) in [5.41, 5.74) is -0.523. The highest BCUT2D eigenvalue weighted by molar-refractivity contribution is 7.77. The molecule has 122 valence electrons. The molecule has 1 N–H and O–H groups in total. The van der Waals surface area contributed by atoms with Gasteiger partial charge in [-0.3, -0.25) is 4.99 Å². The molecule has 0 saturated heterocycles. The van der Waals surface area contributed by atoms with Gasteiger partial charge in [0, 0.05) is 17.2 Å². The average molecular weight is 358 g/mol. The fraction of sp³-hybridized carbons (Fsp3) is 0.278. The van der Waals surface area contributed by atoms with Crippen molar-refractivity contribution in [3.05, 3.63) is 65.4 Å². The van der Waals surface area contributed by atoms with E-state index in [1.165, 1.54) is 0 Å². The molecule has 2 heterocycles. The number of aromatic nitrogens is 1. The van der Waals surface area contributed by atoms with Gasteiger partial charge in [-0.15, -0.1) is 0 Å². The van der Waals surface area contributed by atoms with E-state index in [2.05, 4.69) is 11.1 Å². The van der Waals surface area contributed by atoms with E-state index in [1.54, 1.807) is 19.1 Å². The van der Waals surface area contributed by atoms with Crippen molar-refractivity contribution in [3.8, 4) is 6.07 Å². The van der Waals surface area contributed by atoms with Crippen LogP contribution in [0.3, 0.4) is 0 Å². The summed E-state index contributed by atoms with van der Waals surface area (Å²) in [5.74, 6) is -0.932. The lowest BCUT2D eigenvalue weighted by molar-refractivity contribution is -0.741. The number of aliphatic hydroxyl groups is 1. The van der Waals surface area contributed by atoms with Gasteiger partial charge in [0.1, 0.15) is 0 Å². The predicted molar refractivity (Wildman–Crippen MR) is 94.4 cm³/mol. The average Bonchev–Trinajstić information content (AvgIpc) is 2.55. The Balaban J connectivity index is 2.20. The molecule has 0 amide bonds. The van der Waals surface area contributed by atoms with Crippen LogP contribution in [0.2, 0.25) is 5.02 Å². The molecule has 0 unspecified atom stereocenters. The molecule has 1 aromatic carbocycles. The minimum absolute atomic E-state index is 0.232. The van der Waals surface area contributed by atoms with Crippen LogP contribution in [-0.2, 0) is 12.6 Å². The SMILES string of the molecule is C[C@]1(O)N=C([S-])[C@@H](C#N)[C@@H](c2ccc(Cl)cc2)[C@H]1[n+]1ccccc1. The number of hydrogen-bond acceptors (Lipinski definition) is 4. The van der Waals surface area contributed by atoms with Gasteiger partial charge in [0.15, 0.2) is 12.4 Å². The second-order valence-electron chi connectivity index (χ2n) is 6.00. The van der Waals surface area contributed by atoms with Crippen molar-refractivity contribution in [2.75, 3.05) is 0 Å². The Hall–Kier alpha value is -2.00. The number of aliphatic imine (C=N–C) groups is 1. The largest absolute Gasteiger partial charge is 0.764 e. The van der Waals surface area contributed by atoms with Crippen molar-refractivity contribution < 1.29 is 9.67 Å². The molecule has 3 rings (SSSR count). The highest BCUT2D eigenvalue weighted by Crippen LogP contribution is 2.43. The van der Waals surface area contributed by atoms with Crippen molar-refractivity contribution in [3.63, 3.8) is 0 Å². The summed E-state index contributed by atoms with van der Waals surface area (Å²) in [4.78, 5) is 4.24. The van der Waals surface area contributed by atoms with Crippen LogP contribution >= 0.6 is 11.6 Å². The smallest absolute Gasteiger partial charge is 0.214 e. The van der Waals surface area contributed by atoms with Gasteiger partial charge in [0.2, 0.25) is 11.8 Å². The number of halogens is 1. The summed E-state index contributed by atoms with van der Waals surface area (Å²) < 4.78 is 1.88. The van der Waals surface area contributed by atoms with Gasteiger partial charge in [-0.25, -0.2) is 0 Å². The van der Waals surface area contributed by atoms with Gasteiger partial charge in [-0.1, -0.05) is 34.8 Å². The van der Waals surface area contributed by atoms with Crippen LogP contribution in [0.5, 0.6) is 0 Å². The van der Waals surface area contributed by atoms with Crippen LogP contribution in [0.1, 0.15) is 24.4 Å². The van der Waals surface area contributed by atoms with E-state index in [9.17, 15) is 10.4 Å². The van der Waals surface area contributed by atoms with E-state index in [0.717, 1.165) is 5.56 Å². The van der Waals surface area contributed by atoms with Gasteiger partial charge in [-0.05, 0) is 24.6 Å². The van der Waals surface area contributed by atoms with Gasteiger partial charge < -0.3 is 17.7 Å². The third-order valence-electron chi connectivity index (χ3n) is 4.32. The van der Waals surface area contributed by atoms with E-state index < -0.39 is 17.7 Å². The highest BCUT2D eigenvalue weighted by atomic mass is 35.5. The van der Waals surface area contributed by atoms with Crippen molar-refractivity contribution in [1.29, 1.82) is 5.26 Å². The monoisotopic (exact) mass is 357 g/mol. The molecule has 2 aromatic rings. The number of nitriles is 1. The lowest BCUT2D eigenvalue weighted by Gasteiger charge is -2.41. The van der Waals surface area contributed by atoms with Crippen molar-refractivity contribution in [2.45, 2.75) is 24.6 Å². The van der Waals surface area contributed by atoms with Crippen molar-refractivity contribution >= 4 is 29.3 Å². The molecule has 1 aromatic heterocycles. The van der Waals surface area contributed by atoms with E-state index in [-0.39, 0.29) is 11.0 Å². The van der Waals surface area contributed by atoms with Gasteiger partial charge >= 0.3 is 0 Å². The second-order valence-corrected chi connectivity index (χ2v) is 6.85. The summed E-state index contributed by atoms with van der Waals surface area (Å²) in [5, 5.41) is 21.5. The van der Waals surface area contributed by atoms with Crippen LogP contribution in [0.25, 0.3) is 0 Å². The molecule has 4 atom stereocenters. The summed E-state index contributed by atoms with van der Waals surface area (Å²) in [6.45, 7) is 1.63. The number of pyridine rings is 1. The predicted octanol–water partition coefficient (Wildman–Crippen LogP) is 2.76. The molecule has 4 nitrogen and oxygen atoms in total. The first-order valence-corrected chi connectivity index (χ1v) is 8.32. The van der Waals surface area contributed by atoms with E-state index in [0.29, 0.717) is 5.02 Å². The van der Waals surface area contributed by atoms with Gasteiger partial charge in [0.05, 0.1) is 17.9 Å². The third kappa shape index (κ3) is 3.01. The molecule has 1 aliphatic heterocycles. The molecule has 1 aliphatic rings.